The maximum atomic E-state index is 9.32. The van der Waals surface area contributed by atoms with Gasteiger partial charge in [-0.3, -0.25) is 0 Å². The fraction of sp³-hybridized carbons (Fsp3) is 0. The first-order valence-corrected chi connectivity index (χ1v) is 4.38. The zero-order chi connectivity index (χ0) is 7.71. The summed E-state index contributed by atoms with van der Waals surface area (Å²) in [4.78, 5) is 37.3. The largest absolute Gasteiger partial charge is 1.00 e. The normalized spacial score (nSPS) is 8.86. The molecule has 58 valence electrons. The van der Waals surface area contributed by atoms with Crippen LogP contribution >= 0.6 is 15.6 Å². The molecule has 0 unspecified atom stereocenters. The van der Waals surface area contributed by atoms with Gasteiger partial charge in [0.25, 0.3) is 0 Å². The molecule has 0 aliphatic carbocycles. The van der Waals surface area contributed by atoms with Gasteiger partial charge in [-0.05, 0) is 0 Å². The van der Waals surface area contributed by atoms with Crippen LogP contribution in [-0.4, -0.2) is 0 Å². The Morgan fingerprint density at radius 2 is 0.857 bits per heavy atom. The molecule has 0 N–H and O–H groups in total. The molecule has 7 nitrogen and oxygen atoms in total. The molecule has 0 spiro atoms. The molecular formula is HNa5O7P2. The second kappa shape index (κ2) is 16.3. The molecule has 0 aromatic heterocycles. The first-order valence-electron chi connectivity index (χ1n) is 1.46. The van der Waals surface area contributed by atoms with Gasteiger partial charge >= 0.3 is 148 Å². The van der Waals surface area contributed by atoms with Crippen LogP contribution in [0.3, 0.4) is 0 Å². The quantitative estimate of drug-likeness (QED) is 0.364. The number of hydrogen-bond acceptors (Lipinski definition) is 7. The molecule has 0 radical (unpaired) electrons. The van der Waals surface area contributed by atoms with Crippen LogP contribution < -0.4 is 167 Å². The van der Waals surface area contributed by atoms with Crippen molar-refractivity contribution in [2.75, 3.05) is 0 Å². The average Bonchev–Trinajstić information content (AvgIpc) is 1.14. The zero-order valence-electron chi connectivity index (χ0n) is 9.75. The minimum absolute atomic E-state index is 0. The van der Waals surface area contributed by atoms with Gasteiger partial charge in [0.1, 0.15) is 0 Å². The van der Waals surface area contributed by atoms with Gasteiger partial charge in [0, 0.05) is 0 Å². The third kappa shape index (κ3) is 36.0. The number of hydrogen-bond donors (Lipinski definition) is 0. The standard InChI is InChI=1S/5Na.H4O7P2.H/c;;;;;1-8(2,3)7-9(4,5)6;/h;;;;;(H2,1,2,3)(H2,4,5,6);/q5*+1;;-1/p-4. The summed E-state index contributed by atoms with van der Waals surface area (Å²) < 4.78 is 21.2. The van der Waals surface area contributed by atoms with Crippen molar-refractivity contribution >= 4 is 15.6 Å². The Bertz CT molecular complexity index is 166. The Morgan fingerprint density at radius 3 is 0.857 bits per heavy atom. The summed E-state index contributed by atoms with van der Waals surface area (Å²) in [5.74, 6) is 0. The van der Waals surface area contributed by atoms with Gasteiger partial charge in [-0.1, -0.05) is 0 Å². The molecule has 0 fully saturated rings. The second-order valence-corrected chi connectivity index (χ2v) is 3.42. The molecule has 0 amide bonds. The van der Waals surface area contributed by atoms with Crippen molar-refractivity contribution in [1.29, 1.82) is 0 Å². The molecule has 14 heteroatoms. The molecule has 0 aromatic carbocycles. The SMILES string of the molecule is O=P([O-])([O-])OP(=O)([O-])[O-].[H-].[Na+].[Na+].[Na+].[Na+].[Na+]. The predicted octanol–water partition coefficient (Wildman–Crippen LogP) is -18.2. The van der Waals surface area contributed by atoms with Gasteiger partial charge in [-0.25, -0.2) is 0 Å². The average molecular weight is 290 g/mol. The molecule has 0 saturated heterocycles. The fourth-order valence-electron chi connectivity index (χ4n) is 0.122. The molecule has 0 atom stereocenters. The monoisotopic (exact) mass is 290 g/mol. The maximum Gasteiger partial charge on any atom is 1.00 e. The fourth-order valence-corrected chi connectivity index (χ4v) is 1.10. The van der Waals surface area contributed by atoms with Crippen molar-refractivity contribution in [3.05, 3.63) is 0 Å². The van der Waals surface area contributed by atoms with E-state index in [1.165, 1.54) is 0 Å². The Kier molecular flexibility index (Phi) is 42.6. The minimum atomic E-state index is -5.68. The Balaban J connectivity index is -0.0000000213. The summed E-state index contributed by atoms with van der Waals surface area (Å²) in [5, 5.41) is 0. The summed E-state index contributed by atoms with van der Waals surface area (Å²) >= 11 is 0. The van der Waals surface area contributed by atoms with E-state index in [1.807, 2.05) is 0 Å². The first kappa shape index (κ1) is 36.5. The van der Waals surface area contributed by atoms with Crippen molar-refractivity contribution in [1.82, 2.24) is 0 Å². The van der Waals surface area contributed by atoms with Crippen LogP contribution in [0.25, 0.3) is 0 Å². The minimum Gasteiger partial charge on any atom is -1.00 e. The van der Waals surface area contributed by atoms with Crippen molar-refractivity contribution in [2.24, 2.45) is 0 Å². The molecule has 0 aliphatic rings. The summed E-state index contributed by atoms with van der Waals surface area (Å²) in [6, 6.07) is 0. The van der Waals surface area contributed by atoms with Crippen molar-refractivity contribution < 1.29 is 182 Å². The maximum absolute atomic E-state index is 9.32. The first-order chi connectivity index (χ1) is 3.71. The van der Waals surface area contributed by atoms with E-state index in [0.717, 1.165) is 0 Å². The summed E-state index contributed by atoms with van der Waals surface area (Å²) in [6.07, 6.45) is 0. The van der Waals surface area contributed by atoms with Crippen molar-refractivity contribution in [3.8, 4) is 0 Å². The van der Waals surface area contributed by atoms with Gasteiger partial charge in [0.05, 0.1) is 15.6 Å². The molecule has 0 bridgehead atoms. The van der Waals surface area contributed by atoms with E-state index >= 15 is 0 Å². The Labute approximate surface area is 193 Å². The third-order valence-electron chi connectivity index (χ3n) is 0.200. The topological polar surface area (TPSA) is 136 Å². The third-order valence-corrected chi connectivity index (χ3v) is 1.80. The smallest absolute Gasteiger partial charge is 1.00 e. The van der Waals surface area contributed by atoms with E-state index < -0.39 is 15.6 Å². The van der Waals surface area contributed by atoms with Crippen LogP contribution in [0.1, 0.15) is 1.43 Å². The van der Waals surface area contributed by atoms with Crippen LogP contribution in [0, 0.1) is 0 Å². The molecule has 0 aliphatic heterocycles. The van der Waals surface area contributed by atoms with E-state index in [-0.39, 0.29) is 149 Å². The van der Waals surface area contributed by atoms with Gasteiger partial charge in [-0.15, -0.1) is 0 Å². The molecule has 0 rings (SSSR count). The van der Waals surface area contributed by atoms with Crippen LogP contribution in [0.2, 0.25) is 0 Å². The van der Waals surface area contributed by atoms with Gasteiger partial charge in [-0.2, -0.15) is 0 Å². The number of phosphoric acid groups is 2. The van der Waals surface area contributed by atoms with Crippen molar-refractivity contribution in [2.45, 2.75) is 0 Å². The van der Waals surface area contributed by atoms with E-state index in [2.05, 4.69) is 4.31 Å². The Hall–Kier alpha value is 5.26. The van der Waals surface area contributed by atoms with Crippen LogP contribution in [0.4, 0.5) is 0 Å². The predicted molar refractivity (Wildman–Crippen MR) is 17.4 cm³/mol. The molecule has 14 heavy (non-hydrogen) atoms. The molecule has 0 saturated carbocycles. The van der Waals surface area contributed by atoms with E-state index in [1.54, 1.807) is 0 Å². The van der Waals surface area contributed by atoms with Gasteiger partial charge in [0.2, 0.25) is 0 Å². The summed E-state index contributed by atoms with van der Waals surface area (Å²) in [7, 11) is -11.4. The van der Waals surface area contributed by atoms with Crippen LogP contribution in [0.15, 0.2) is 0 Å². The molecule has 0 heterocycles. The van der Waals surface area contributed by atoms with Crippen LogP contribution in [-0.2, 0) is 13.4 Å². The number of rotatable bonds is 2. The van der Waals surface area contributed by atoms with E-state index in [0.29, 0.717) is 0 Å². The second-order valence-electron chi connectivity index (χ2n) is 0.976. The van der Waals surface area contributed by atoms with E-state index in [9.17, 15) is 28.7 Å². The van der Waals surface area contributed by atoms with Crippen molar-refractivity contribution in [3.63, 3.8) is 0 Å². The Morgan fingerprint density at radius 1 is 0.714 bits per heavy atom. The molecule has 0 aromatic rings. The zero-order valence-corrected chi connectivity index (χ0v) is 20.5. The van der Waals surface area contributed by atoms with Gasteiger partial charge < -0.3 is 34.4 Å². The van der Waals surface area contributed by atoms with E-state index in [4.69, 9.17) is 0 Å². The molecular weight excluding hydrogens is 289 g/mol. The summed E-state index contributed by atoms with van der Waals surface area (Å²) in [6.45, 7) is 0. The summed E-state index contributed by atoms with van der Waals surface area (Å²) in [5.41, 5.74) is 0. The van der Waals surface area contributed by atoms with Crippen LogP contribution in [0.5, 0.6) is 0 Å². The van der Waals surface area contributed by atoms with Gasteiger partial charge in [0.15, 0.2) is 0 Å².